The molecule has 7 nitrogen and oxygen atoms in total. The van der Waals surface area contributed by atoms with E-state index in [-0.39, 0.29) is 5.56 Å². The van der Waals surface area contributed by atoms with Crippen LogP contribution in [0.1, 0.15) is 0 Å². The maximum absolute atomic E-state index is 12.2. The molecule has 0 radical (unpaired) electrons. The van der Waals surface area contributed by atoms with Gasteiger partial charge in [0.05, 0.1) is 12.9 Å². The molecule has 1 saturated heterocycles. The molecule has 3 heterocycles. The number of hydrogen-bond acceptors (Lipinski definition) is 6. The monoisotopic (exact) mass is 380 g/mol. The van der Waals surface area contributed by atoms with Gasteiger partial charge in [0, 0.05) is 38.8 Å². The number of rotatable bonds is 7. The molecular formula is C21H24N4O3. The van der Waals surface area contributed by atoms with Crippen molar-refractivity contribution in [2.24, 2.45) is 0 Å². The highest BCUT2D eigenvalue weighted by molar-refractivity contribution is 5.50. The molecule has 1 aliphatic heterocycles. The van der Waals surface area contributed by atoms with Gasteiger partial charge in [-0.2, -0.15) is 5.10 Å². The first-order valence-electron chi connectivity index (χ1n) is 9.52. The first-order chi connectivity index (χ1) is 13.8. The van der Waals surface area contributed by atoms with Crippen molar-refractivity contribution in [1.82, 2.24) is 19.6 Å². The molecule has 0 N–H and O–H groups in total. The van der Waals surface area contributed by atoms with Crippen LogP contribution in [0.25, 0.3) is 11.5 Å². The molecule has 7 heteroatoms. The Bertz CT molecular complexity index is 916. The topological polar surface area (TPSA) is 63.7 Å². The Morgan fingerprint density at radius 3 is 2.46 bits per heavy atom. The van der Waals surface area contributed by atoms with Gasteiger partial charge in [-0.05, 0) is 30.3 Å². The highest BCUT2D eigenvalue weighted by Gasteiger charge is 2.18. The lowest BCUT2D eigenvalue weighted by atomic mass is 10.3. The zero-order valence-corrected chi connectivity index (χ0v) is 15.7. The summed E-state index contributed by atoms with van der Waals surface area (Å²) in [5, 5.41) is 4.45. The summed E-state index contributed by atoms with van der Waals surface area (Å²) < 4.78 is 12.7. The van der Waals surface area contributed by atoms with Crippen molar-refractivity contribution in [1.29, 1.82) is 0 Å². The molecule has 3 aromatic rings. The minimum atomic E-state index is -0.103. The van der Waals surface area contributed by atoms with Gasteiger partial charge in [0.15, 0.2) is 5.76 Å². The number of piperazine rings is 1. The number of ether oxygens (including phenoxy) is 1. The van der Waals surface area contributed by atoms with Gasteiger partial charge in [-0.25, -0.2) is 4.68 Å². The van der Waals surface area contributed by atoms with E-state index in [1.54, 1.807) is 18.4 Å². The van der Waals surface area contributed by atoms with Crippen molar-refractivity contribution in [3.8, 4) is 17.2 Å². The van der Waals surface area contributed by atoms with Crippen molar-refractivity contribution >= 4 is 0 Å². The molecule has 2 aromatic heterocycles. The number of benzene rings is 1. The largest absolute Gasteiger partial charge is 0.492 e. The quantitative estimate of drug-likeness (QED) is 0.626. The van der Waals surface area contributed by atoms with Gasteiger partial charge in [0.2, 0.25) is 0 Å². The van der Waals surface area contributed by atoms with Crippen molar-refractivity contribution in [2.75, 3.05) is 39.3 Å². The second-order valence-corrected chi connectivity index (χ2v) is 6.80. The molecule has 28 heavy (non-hydrogen) atoms. The Morgan fingerprint density at radius 1 is 0.929 bits per heavy atom. The zero-order chi connectivity index (χ0) is 19.2. The number of nitrogens with zero attached hydrogens (tertiary/aromatic N) is 4. The van der Waals surface area contributed by atoms with E-state index in [0.717, 1.165) is 38.5 Å². The van der Waals surface area contributed by atoms with Crippen LogP contribution >= 0.6 is 0 Å². The summed E-state index contributed by atoms with van der Waals surface area (Å²) in [7, 11) is 0. The van der Waals surface area contributed by atoms with Crippen LogP contribution < -0.4 is 10.3 Å². The standard InChI is InChI=1S/C21H24N4O3/c26-21-9-8-19(20-7-4-15-28-20)22-25(21)17-24-12-10-23(11-13-24)14-16-27-18-5-2-1-3-6-18/h1-9,15H,10-14,16-17H2. The molecule has 1 aromatic carbocycles. The molecule has 0 bridgehead atoms. The maximum Gasteiger partial charge on any atom is 0.268 e. The van der Waals surface area contributed by atoms with Gasteiger partial charge < -0.3 is 9.15 Å². The lowest BCUT2D eigenvalue weighted by molar-refractivity contribution is 0.0912. The van der Waals surface area contributed by atoms with E-state index < -0.39 is 0 Å². The summed E-state index contributed by atoms with van der Waals surface area (Å²) in [5.41, 5.74) is 0.565. The summed E-state index contributed by atoms with van der Waals surface area (Å²) in [4.78, 5) is 16.8. The smallest absolute Gasteiger partial charge is 0.268 e. The first-order valence-corrected chi connectivity index (χ1v) is 9.52. The molecule has 4 rings (SSSR count). The van der Waals surface area contributed by atoms with Gasteiger partial charge in [-0.3, -0.25) is 14.6 Å². The van der Waals surface area contributed by atoms with Crippen LogP contribution in [0.15, 0.2) is 70.1 Å². The zero-order valence-electron chi connectivity index (χ0n) is 15.7. The summed E-state index contributed by atoms with van der Waals surface area (Å²) in [5.74, 6) is 1.57. The van der Waals surface area contributed by atoms with Gasteiger partial charge in [-0.15, -0.1) is 0 Å². The van der Waals surface area contributed by atoms with Crippen molar-refractivity contribution in [3.05, 3.63) is 71.2 Å². The van der Waals surface area contributed by atoms with E-state index in [9.17, 15) is 4.79 Å². The van der Waals surface area contributed by atoms with Crippen LogP contribution in [0.4, 0.5) is 0 Å². The molecule has 146 valence electrons. The van der Waals surface area contributed by atoms with Gasteiger partial charge in [-0.1, -0.05) is 18.2 Å². The minimum Gasteiger partial charge on any atom is -0.492 e. The number of furan rings is 1. The Hall–Kier alpha value is -2.90. The predicted octanol–water partition coefficient (Wildman–Crippen LogP) is 2.16. The highest BCUT2D eigenvalue weighted by Crippen LogP contribution is 2.15. The van der Waals surface area contributed by atoms with E-state index in [1.165, 1.54) is 4.68 Å². The second-order valence-electron chi connectivity index (χ2n) is 6.80. The average Bonchev–Trinajstić information content (AvgIpc) is 3.27. The lowest BCUT2D eigenvalue weighted by Crippen LogP contribution is -2.48. The maximum atomic E-state index is 12.2. The van der Waals surface area contributed by atoms with Crippen LogP contribution in [-0.4, -0.2) is 58.9 Å². The molecule has 0 atom stereocenters. The van der Waals surface area contributed by atoms with Crippen LogP contribution in [-0.2, 0) is 6.67 Å². The van der Waals surface area contributed by atoms with Gasteiger partial charge in [0.1, 0.15) is 18.1 Å². The fourth-order valence-electron chi connectivity index (χ4n) is 3.26. The van der Waals surface area contributed by atoms with E-state index in [4.69, 9.17) is 9.15 Å². The number of hydrogen-bond donors (Lipinski definition) is 0. The van der Waals surface area contributed by atoms with E-state index >= 15 is 0 Å². The van der Waals surface area contributed by atoms with Crippen LogP contribution in [0.5, 0.6) is 5.75 Å². The van der Waals surface area contributed by atoms with Gasteiger partial charge >= 0.3 is 0 Å². The normalized spacial score (nSPS) is 15.6. The third-order valence-corrected chi connectivity index (χ3v) is 4.86. The average molecular weight is 380 g/mol. The van der Waals surface area contributed by atoms with E-state index in [2.05, 4.69) is 14.9 Å². The Labute approximate surface area is 163 Å². The highest BCUT2D eigenvalue weighted by atomic mass is 16.5. The third-order valence-electron chi connectivity index (χ3n) is 4.86. The Kier molecular flexibility index (Phi) is 5.84. The summed E-state index contributed by atoms with van der Waals surface area (Å²) in [6, 6.07) is 16.8. The third kappa shape index (κ3) is 4.68. The number of para-hydroxylation sites is 1. The van der Waals surface area contributed by atoms with Crippen molar-refractivity contribution in [3.63, 3.8) is 0 Å². The lowest BCUT2D eigenvalue weighted by Gasteiger charge is -2.34. The summed E-state index contributed by atoms with van der Waals surface area (Å²) >= 11 is 0. The number of aromatic nitrogens is 2. The van der Waals surface area contributed by atoms with Crippen LogP contribution in [0, 0.1) is 0 Å². The SMILES string of the molecule is O=c1ccc(-c2ccco2)nn1CN1CCN(CCOc2ccccc2)CC1. The minimum absolute atomic E-state index is 0.103. The second kappa shape index (κ2) is 8.86. The summed E-state index contributed by atoms with van der Waals surface area (Å²) in [6.07, 6.45) is 1.60. The molecule has 0 amide bonds. The molecule has 1 fully saturated rings. The molecule has 0 spiro atoms. The molecule has 0 aliphatic carbocycles. The van der Waals surface area contributed by atoms with Crippen molar-refractivity contribution < 1.29 is 9.15 Å². The van der Waals surface area contributed by atoms with E-state index in [0.29, 0.717) is 24.7 Å². The Morgan fingerprint density at radius 2 is 1.71 bits per heavy atom. The van der Waals surface area contributed by atoms with Crippen LogP contribution in [0.2, 0.25) is 0 Å². The Balaban J connectivity index is 1.26. The fourth-order valence-corrected chi connectivity index (χ4v) is 3.26. The van der Waals surface area contributed by atoms with Crippen LogP contribution in [0.3, 0.4) is 0 Å². The fraction of sp³-hybridized carbons (Fsp3) is 0.333. The summed E-state index contributed by atoms with van der Waals surface area (Å²) in [6.45, 7) is 5.75. The molecule has 0 saturated carbocycles. The first kappa shape index (κ1) is 18.5. The molecule has 1 aliphatic rings. The molecular weight excluding hydrogens is 356 g/mol. The van der Waals surface area contributed by atoms with Crippen molar-refractivity contribution in [2.45, 2.75) is 6.67 Å². The predicted molar refractivity (Wildman–Crippen MR) is 106 cm³/mol. The van der Waals surface area contributed by atoms with Gasteiger partial charge in [0.25, 0.3) is 5.56 Å². The van der Waals surface area contributed by atoms with E-state index in [1.807, 2.05) is 42.5 Å². The molecule has 0 unspecified atom stereocenters.